The van der Waals surface area contributed by atoms with Crippen molar-refractivity contribution in [1.82, 2.24) is 9.55 Å². The molecule has 3 rings (SSSR count). The molecule has 0 spiro atoms. The zero-order valence-corrected chi connectivity index (χ0v) is 17.1. The van der Waals surface area contributed by atoms with Crippen molar-refractivity contribution < 1.29 is 14.3 Å². The van der Waals surface area contributed by atoms with Crippen LogP contribution in [0.25, 0.3) is 10.9 Å². The van der Waals surface area contributed by atoms with Gasteiger partial charge in [0.25, 0.3) is 5.56 Å². The van der Waals surface area contributed by atoms with Gasteiger partial charge in [-0.2, -0.15) is 0 Å². The molecule has 2 N–H and O–H groups in total. The van der Waals surface area contributed by atoms with Gasteiger partial charge < -0.3 is 19.8 Å². The van der Waals surface area contributed by atoms with Crippen LogP contribution in [0.4, 0.5) is 5.69 Å². The minimum Gasteiger partial charge on any atom is -0.497 e. The first kappa shape index (κ1) is 21.2. The number of nitrogens with one attached hydrogen (secondary N) is 2. The lowest BCUT2D eigenvalue weighted by atomic mass is 10.1. The maximum atomic E-state index is 12.5. The molecule has 0 saturated carbocycles. The van der Waals surface area contributed by atoms with Crippen molar-refractivity contribution >= 4 is 22.5 Å². The Labute approximate surface area is 173 Å². The van der Waals surface area contributed by atoms with Crippen molar-refractivity contribution in [3.05, 3.63) is 63.3 Å². The molecule has 0 aliphatic rings. The fourth-order valence-electron chi connectivity index (χ4n) is 3.24. The molecule has 0 saturated heterocycles. The predicted molar refractivity (Wildman–Crippen MR) is 115 cm³/mol. The number of rotatable bonds is 9. The van der Waals surface area contributed by atoms with E-state index in [-0.39, 0.29) is 11.5 Å². The van der Waals surface area contributed by atoms with E-state index in [1.807, 2.05) is 0 Å². The molecule has 0 aliphatic heterocycles. The standard InChI is InChI=1S/C22H25N3O5/c1-29-16-12-15(13-17(14-16)30-2)23-20(26)10-4-3-7-11-25-21(27)18-8-5-6-9-19(18)24-22(25)28/h5-6,8-9,12-14H,3-4,7,10-11H2,1-2H3,(H,23,26)(H,24,28). The molecular formula is C22H25N3O5. The molecular weight excluding hydrogens is 386 g/mol. The number of fused-ring (bicyclic) bond motifs is 1. The smallest absolute Gasteiger partial charge is 0.328 e. The van der Waals surface area contributed by atoms with Gasteiger partial charge in [-0.15, -0.1) is 0 Å². The van der Waals surface area contributed by atoms with E-state index in [0.29, 0.717) is 60.3 Å². The quantitative estimate of drug-likeness (QED) is 0.527. The summed E-state index contributed by atoms with van der Waals surface area (Å²) in [5.74, 6) is 1.07. The van der Waals surface area contributed by atoms with Crippen LogP contribution in [0.3, 0.4) is 0 Å². The molecule has 3 aromatic rings. The maximum absolute atomic E-state index is 12.5. The van der Waals surface area contributed by atoms with Crippen LogP contribution in [0.1, 0.15) is 25.7 Å². The Hall–Kier alpha value is -3.55. The van der Waals surface area contributed by atoms with Gasteiger partial charge in [-0.3, -0.25) is 14.2 Å². The van der Waals surface area contributed by atoms with E-state index in [0.717, 1.165) is 0 Å². The number of nitrogens with zero attached hydrogens (tertiary/aromatic N) is 1. The largest absolute Gasteiger partial charge is 0.497 e. The maximum Gasteiger partial charge on any atom is 0.328 e. The van der Waals surface area contributed by atoms with Gasteiger partial charge in [-0.05, 0) is 25.0 Å². The summed E-state index contributed by atoms with van der Waals surface area (Å²) in [4.78, 5) is 39.6. The third-order valence-corrected chi connectivity index (χ3v) is 4.81. The van der Waals surface area contributed by atoms with Crippen molar-refractivity contribution in [2.75, 3.05) is 19.5 Å². The summed E-state index contributed by atoms with van der Waals surface area (Å²) in [5, 5.41) is 3.32. The molecule has 8 heteroatoms. The summed E-state index contributed by atoms with van der Waals surface area (Å²) in [6.07, 6.45) is 2.32. The third kappa shape index (κ3) is 5.08. The minimum absolute atomic E-state index is 0.119. The number of methoxy groups -OCH3 is 2. The number of unbranched alkanes of at least 4 members (excludes halogenated alkanes) is 2. The van der Waals surface area contributed by atoms with Gasteiger partial charge in [0.1, 0.15) is 11.5 Å². The van der Waals surface area contributed by atoms with Crippen molar-refractivity contribution in [2.45, 2.75) is 32.2 Å². The Balaban J connectivity index is 1.50. The SMILES string of the molecule is COc1cc(NC(=O)CCCCCn2c(=O)[nH]c3ccccc3c2=O)cc(OC)c1. The third-order valence-electron chi connectivity index (χ3n) is 4.81. The number of anilines is 1. The Morgan fingerprint density at radius 3 is 2.40 bits per heavy atom. The van der Waals surface area contributed by atoms with Crippen LogP contribution in [0.2, 0.25) is 0 Å². The van der Waals surface area contributed by atoms with E-state index >= 15 is 0 Å². The summed E-state index contributed by atoms with van der Waals surface area (Å²) in [5.41, 5.74) is 0.433. The van der Waals surface area contributed by atoms with Crippen LogP contribution in [-0.4, -0.2) is 29.7 Å². The average molecular weight is 411 g/mol. The number of aromatic amines is 1. The number of benzene rings is 2. The summed E-state index contributed by atoms with van der Waals surface area (Å²) >= 11 is 0. The topological polar surface area (TPSA) is 102 Å². The summed E-state index contributed by atoms with van der Waals surface area (Å²) in [6.45, 7) is 0.313. The van der Waals surface area contributed by atoms with Crippen LogP contribution in [0.15, 0.2) is 52.1 Å². The molecule has 0 aliphatic carbocycles. The van der Waals surface area contributed by atoms with Crippen LogP contribution in [0, 0.1) is 0 Å². The zero-order valence-electron chi connectivity index (χ0n) is 17.1. The molecule has 0 unspecified atom stereocenters. The van der Waals surface area contributed by atoms with Gasteiger partial charge >= 0.3 is 5.69 Å². The Kier molecular flexibility index (Phi) is 6.90. The van der Waals surface area contributed by atoms with E-state index in [2.05, 4.69) is 10.3 Å². The first-order chi connectivity index (χ1) is 14.5. The second-order valence-corrected chi connectivity index (χ2v) is 6.89. The van der Waals surface area contributed by atoms with E-state index in [9.17, 15) is 14.4 Å². The van der Waals surface area contributed by atoms with Crippen molar-refractivity contribution in [1.29, 1.82) is 0 Å². The zero-order chi connectivity index (χ0) is 21.5. The first-order valence-electron chi connectivity index (χ1n) is 9.76. The van der Waals surface area contributed by atoms with E-state index in [1.165, 1.54) is 4.57 Å². The number of carbonyl (C=O) groups is 1. The number of hydrogen-bond acceptors (Lipinski definition) is 5. The Bertz CT molecular complexity index is 1130. The van der Waals surface area contributed by atoms with Gasteiger partial charge in [0, 0.05) is 36.9 Å². The highest BCUT2D eigenvalue weighted by atomic mass is 16.5. The van der Waals surface area contributed by atoms with E-state index in [4.69, 9.17) is 9.47 Å². The molecule has 2 aromatic carbocycles. The molecule has 1 aromatic heterocycles. The van der Waals surface area contributed by atoms with Gasteiger partial charge in [-0.1, -0.05) is 18.6 Å². The first-order valence-corrected chi connectivity index (χ1v) is 9.76. The molecule has 158 valence electrons. The highest BCUT2D eigenvalue weighted by Crippen LogP contribution is 2.25. The summed E-state index contributed by atoms with van der Waals surface area (Å²) in [7, 11) is 3.10. The van der Waals surface area contributed by atoms with Gasteiger partial charge in [0.15, 0.2) is 0 Å². The molecule has 1 amide bonds. The molecule has 8 nitrogen and oxygen atoms in total. The van der Waals surface area contributed by atoms with Crippen molar-refractivity contribution in [3.8, 4) is 11.5 Å². The van der Waals surface area contributed by atoms with Crippen LogP contribution in [-0.2, 0) is 11.3 Å². The molecule has 0 radical (unpaired) electrons. The molecule has 30 heavy (non-hydrogen) atoms. The molecule has 0 bridgehead atoms. The van der Waals surface area contributed by atoms with Gasteiger partial charge in [0.05, 0.1) is 25.1 Å². The van der Waals surface area contributed by atoms with E-state index in [1.54, 1.807) is 56.7 Å². The van der Waals surface area contributed by atoms with Crippen molar-refractivity contribution in [2.24, 2.45) is 0 Å². The summed E-state index contributed by atoms with van der Waals surface area (Å²) < 4.78 is 11.6. The van der Waals surface area contributed by atoms with Crippen molar-refractivity contribution in [3.63, 3.8) is 0 Å². The highest BCUT2D eigenvalue weighted by Gasteiger charge is 2.08. The van der Waals surface area contributed by atoms with Crippen LogP contribution in [0.5, 0.6) is 11.5 Å². The highest BCUT2D eigenvalue weighted by molar-refractivity contribution is 5.91. The fraction of sp³-hybridized carbons (Fsp3) is 0.318. The average Bonchev–Trinajstić information content (AvgIpc) is 2.75. The van der Waals surface area contributed by atoms with Crippen LogP contribution >= 0.6 is 0 Å². The minimum atomic E-state index is -0.414. The molecule has 1 heterocycles. The number of ether oxygens (including phenoxy) is 2. The Morgan fingerprint density at radius 2 is 1.70 bits per heavy atom. The second kappa shape index (κ2) is 9.78. The molecule has 0 fully saturated rings. The number of para-hydroxylation sites is 1. The second-order valence-electron chi connectivity index (χ2n) is 6.89. The number of amides is 1. The lowest BCUT2D eigenvalue weighted by Crippen LogP contribution is -2.35. The molecule has 0 atom stereocenters. The summed E-state index contributed by atoms with van der Waals surface area (Å²) in [6, 6.07) is 12.1. The Morgan fingerprint density at radius 1 is 1.00 bits per heavy atom. The lowest BCUT2D eigenvalue weighted by Gasteiger charge is -2.10. The number of hydrogen-bond donors (Lipinski definition) is 2. The predicted octanol–water partition coefficient (Wildman–Crippen LogP) is 2.91. The monoisotopic (exact) mass is 411 g/mol. The van der Waals surface area contributed by atoms with Gasteiger partial charge in [0.2, 0.25) is 5.91 Å². The number of carbonyl (C=O) groups excluding carboxylic acids is 1. The number of aromatic nitrogens is 2. The van der Waals surface area contributed by atoms with Gasteiger partial charge in [-0.25, -0.2) is 4.79 Å². The lowest BCUT2D eigenvalue weighted by molar-refractivity contribution is -0.116. The normalized spacial score (nSPS) is 10.7. The van der Waals surface area contributed by atoms with Crippen LogP contribution < -0.4 is 26.0 Å². The number of H-pyrrole nitrogens is 1. The fourth-order valence-corrected chi connectivity index (χ4v) is 3.24. The van der Waals surface area contributed by atoms with E-state index < -0.39 is 5.69 Å².